The first-order valence-electron chi connectivity index (χ1n) is 6.00. The van der Waals surface area contributed by atoms with Crippen molar-refractivity contribution in [3.8, 4) is 0 Å². The van der Waals surface area contributed by atoms with E-state index in [0.717, 1.165) is 24.1 Å². The van der Waals surface area contributed by atoms with Crippen LogP contribution in [0.25, 0.3) is 0 Å². The summed E-state index contributed by atoms with van der Waals surface area (Å²) in [4.78, 5) is 41.8. The number of esters is 1. The Hall–Kier alpha value is -2.77. The summed E-state index contributed by atoms with van der Waals surface area (Å²) >= 11 is 0. The quantitative estimate of drug-likeness (QED) is 0.576. The van der Waals surface area contributed by atoms with Crippen molar-refractivity contribution in [3.05, 3.63) is 30.1 Å². The fourth-order valence-electron chi connectivity index (χ4n) is 2.30. The Bertz CT molecular complexity index is 670. The van der Waals surface area contributed by atoms with Crippen LogP contribution in [0.5, 0.6) is 0 Å². The van der Waals surface area contributed by atoms with Crippen LogP contribution < -0.4 is 4.90 Å². The highest BCUT2D eigenvalue weighted by Crippen LogP contribution is 2.33. The second kappa shape index (κ2) is 4.65. The summed E-state index contributed by atoms with van der Waals surface area (Å²) in [6.45, 7) is 0. The van der Waals surface area contributed by atoms with Gasteiger partial charge in [-0.25, -0.2) is 14.1 Å². The van der Waals surface area contributed by atoms with Crippen LogP contribution in [0.1, 0.15) is 0 Å². The second-order valence-corrected chi connectivity index (χ2v) is 4.46. The van der Waals surface area contributed by atoms with Gasteiger partial charge in [0.1, 0.15) is 11.7 Å². The monoisotopic (exact) mass is 292 g/mol. The van der Waals surface area contributed by atoms with Crippen LogP contribution in [0, 0.1) is 11.7 Å². The molecule has 0 aliphatic carbocycles. The molecule has 0 spiro atoms. The van der Waals surface area contributed by atoms with E-state index in [1.165, 1.54) is 12.1 Å². The van der Waals surface area contributed by atoms with Gasteiger partial charge in [0.15, 0.2) is 5.71 Å². The number of imide groups is 1. The lowest BCUT2D eigenvalue weighted by atomic mass is 10.00. The average Bonchev–Trinajstić information content (AvgIpc) is 3.01. The van der Waals surface area contributed by atoms with Gasteiger partial charge in [0.05, 0.1) is 12.8 Å². The Labute approximate surface area is 117 Å². The van der Waals surface area contributed by atoms with Crippen molar-refractivity contribution in [2.45, 2.75) is 6.10 Å². The van der Waals surface area contributed by atoms with E-state index in [2.05, 4.69) is 9.89 Å². The number of rotatable bonds is 2. The van der Waals surface area contributed by atoms with Crippen molar-refractivity contribution in [2.75, 3.05) is 12.0 Å². The molecule has 0 radical (unpaired) electrons. The largest absolute Gasteiger partial charge is 0.464 e. The van der Waals surface area contributed by atoms with Crippen LogP contribution in [0.15, 0.2) is 29.4 Å². The van der Waals surface area contributed by atoms with E-state index in [1.807, 2.05) is 0 Å². The van der Waals surface area contributed by atoms with Crippen molar-refractivity contribution in [3.63, 3.8) is 0 Å². The van der Waals surface area contributed by atoms with Gasteiger partial charge in [-0.15, -0.1) is 0 Å². The minimum atomic E-state index is -1.18. The number of amides is 2. The van der Waals surface area contributed by atoms with E-state index in [4.69, 9.17) is 4.84 Å². The molecule has 2 aliphatic rings. The molecule has 1 saturated heterocycles. The zero-order valence-corrected chi connectivity index (χ0v) is 10.8. The predicted molar refractivity (Wildman–Crippen MR) is 66.7 cm³/mol. The molecule has 2 atom stereocenters. The maximum absolute atomic E-state index is 12.9. The van der Waals surface area contributed by atoms with Crippen LogP contribution in [-0.2, 0) is 24.0 Å². The second-order valence-electron chi connectivity index (χ2n) is 4.46. The van der Waals surface area contributed by atoms with E-state index in [-0.39, 0.29) is 11.4 Å². The van der Waals surface area contributed by atoms with Crippen molar-refractivity contribution in [2.24, 2.45) is 11.1 Å². The fraction of sp³-hybridized carbons (Fsp3) is 0.231. The zero-order valence-electron chi connectivity index (χ0n) is 10.8. The predicted octanol–water partition coefficient (Wildman–Crippen LogP) is 0.243. The van der Waals surface area contributed by atoms with Gasteiger partial charge < -0.3 is 9.57 Å². The van der Waals surface area contributed by atoms with Crippen LogP contribution in [-0.4, -0.2) is 36.7 Å². The first-order chi connectivity index (χ1) is 10.0. The lowest BCUT2D eigenvalue weighted by Crippen LogP contribution is -2.34. The minimum absolute atomic E-state index is 0.202. The number of oxime groups is 1. The van der Waals surface area contributed by atoms with Gasteiger partial charge in [-0.2, -0.15) is 0 Å². The molecule has 0 N–H and O–H groups in total. The number of nitrogens with zero attached hydrogens (tertiary/aromatic N) is 2. The number of hydrogen-bond donors (Lipinski definition) is 0. The SMILES string of the molecule is COC(=O)C1=NO[C@H]2C(=O)N(c3ccc(F)cc3)C(=O)[C@@H]12. The maximum Gasteiger partial charge on any atom is 0.356 e. The highest BCUT2D eigenvalue weighted by Gasteiger charge is 2.57. The molecule has 1 aromatic rings. The van der Waals surface area contributed by atoms with E-state index in [9.17, 15) is 18.8 Å². The van der Waals surface area contributed by atoms with Gasteiger partial charge in [0.2, 0.25) is 12.0 Å². The molecular weight excluding hydrogens is 283 g/mol. The molecular formula is C13H9FN2O5. The maximum atomic E-state index is 12.9. The summed E-state index contributed by atoms with van der Waals surface area (Å²) in [5, 5.41) is 3.45. The Morgan fingerprint density at radius 2 is 1.95 bits per heavy atom. The number of benzene rings is 1. The van der Waals surface area contributed by atoms with Crippen molar-refractivity contribution in [1.82, 2.24) is 0 Å². The van der Waals surface area contributed by atoms with Crippen LogP contribution in [0.4, 0.5) is 10.1 Å². The number of halogens is 1. The molecule has 2 amide bonds. The van der Waals surface area contributed by atoms with Crippen LogP contribution >= 0.6 is 0 Å². The van der Waals surface area contributed by atoms with Gasteiger partial charge in [-0.05, 0) is 24.3 Å². The molecule has 8 heteroatoms. The number of hydrogen-bond acceptors (Lipinski definition) is 6. The summed E-state index contributed by atoms with van der Waals surface area (Å²) < 4.78 is 17.4. The average molecular weight is 292 g/mol. The van der Waals surface area contributed by atoms with Gasteiger partial charge >= 0.3 is 5.97 Å². The Balaban J connectivity index is 1.95. The number of fused-ring (bicyclic) bond motifs is 1. The van der Waals surface area contributed by atoms with Gasteiger partial charge in [0, 0.05) is 0 Å². The van der Waals surface area contributed by atoms with E-state index in [1.54, 1.807) is 0 Å². The molecule has 3 rings (SSSR count). The lowest BCUT2D eigenvalue weighted by Gasteiger charge is -2.14. The third-order valence-corrected chi connectivity index (χ3v) is 3.29. The molecule has 1 fully saturated rings. The van der Waals surface area contributed by atoms with Crippen molar-refractivity contribution >= 4 is 29.2 Å². The first kappa shape index (κ1) is 13.2. The highest BCUT2D eigenvalue weighted by atomic mass is 19.1. The third-order valence-electron chi connectivity index (χ3n) is 3.29. The van der Waals surface area contributed by atoms with Crippen LogP contribution in [0.2, 0.25) is 0 Å². The number of methoxy groups -OCH3 is 1. The molecule has 0 bridgehead atoms. The number of anilines is 1. The van der Waals surface area contributed by atoms with E-state index >= 15 is 0 Å². The Morgan fingerprint density at radius 3 is 2.57 bits per heavy atom. The smallest absolute Gasteiger partial charge is 0.356 e. The van der Waals surface area contributed by atoms with E-state index in [0.29, 0.717) is 0 Å². The summed E-state index contributed by atoms with van der Waals surface area (Å²) in [6, 6.07) is 4.84. The van der Waals surface area contributed by atoms with Gasteiger partial charge in [-0.1, -0.05) is 5.16 Å². The molecule has 2 aliphatic heterocycles. The highest BCUT2D eigenvalue weighted by molar-refractivity contribution is 6.46. The van der Waals surface area contributed by atoms with Gasteiger partial charge in [0.25, 0.3) is 5.91 Å². The minimum Gasteiger partial charge on any atom is -0.464 e. The number of carbonyl (C=O) groups is 3. The van der Waals surface area contributed by atoms with E-state index < -0.39 is 35.6 Å². The summed E-state index contributed by atoms with van der Waals surface area (Å²) in [5.41, 5.74) is -0.0425. The molecule has 0 aromatic heterocycles. The summed E-state index contributed by atoms with van der Waals surface area (Å²) in [7, 11) is 1.14. The normalized spacial score (nSPS) is 23.7. The lowest BCUT2D eigenvalue weighted by molar-refractivity contribution is -0.133. The van der Waals surface area contributed by atoms with Gasteiger partial charge in [-0.3, -0.25) is 9.59 Å². The number of carbonyl (C=O) groups excluding carboxylic acids is 3. The number of ether oxygens (including phenoxy) is 1. The Morgan fingerprint density at radius 1 is 1.29 bits per heavy atom. The molecule has 0 saturated carbocycles. The van der Waals surface area contributed by atoms with Crippen LogP contribution in [0.3, 0.4) is 0 Å². The molecule has 108 valence electrons. The summed E-state index contributed by atoms with van der Waals surface area (Å²) in [6.07, 6.45) is -1.18. The summed E-state index contributed by atoms with van der Waals surface area (Å²) in [5.74, 6) is -3.76. The first-order valence-corrected chi connectivity index (χ1v) is 6.00. The van der Waals surface area contributed by atoms with Crippen molar-refractivity contribution in [1.29, 1.82) is 0 Å². The zero-order chi connectivity index (χ0) is 15.1. The standard InChI is InChI=1S/C13H9FN2O5/c1-20-13(19)9-8-10(21-15-9)12(18)16(11(8)17)7-4-2-6(14)3-5-7/h2-5,8,10H,1H3/t8-,10+/m0/s1. The molecule has 1 aromatic carbocycles. The molecule has 21 heavy (non-hydrogen) atoms. The molecule has 7 nitrogen and oxygen atoms in total. The third kappa shape index (κ3) is 1.87. The molecule has 2 heterocycles. The fourth-order valence-corrected chi connectivity index (χ4v) is 2.30. The Kier molecular flexibility index (Phi) is 2.93. The topological polar surface area (TPSA) is 85.3 Å². The van der Waals surface area contributed by atoms with Crippen molar-refractivity contribution < 1.29 is 28.3 Å². The molecule has 0 unspecified atom stereocenters.